The Labute approximate surface area is 206 Å². The quantitative estimate of drug-likeness (QED) is 0.288. The molecule has 0 radical (unpaired) electrons. The predicted octanol–water partition coefficient (Wildman–Crippen LogP) is 2.40. The maximum absolute atomic E-state index is 12.8. The Kier molecular flexibility index (Phi) is 8.10. The third-order valence-electron chi connectivity index (χ3n) is 6.57. The molecule has 0 aliphatic carbocycles. The number of rotatable bonds is 9. The minimum absolute atomic E-state index is 0.0812. The summed E-state index contributed by atoms with van der Waals surface area (Å²) in [6.07, 6.45) is 11.5. The van der Waals surface area contributed by atoms with Gasteiger partial charge in [-0.2, -0.15) is 0 Å². The molecule has 9 heteroatoms. The minimum atomic E-state index is -0.364. The summed E-state index contributed by atoms with van der Waals surface area (Å²) in [7, 11) is 1.73. The zero-order chi connectivity index (χ0) is 24.6. The second-order valence-corrected chi connectivity index (χ2v) is 8.88. The Balaban J connectivity index is 1.42. The molecule has 2 saturated heterocycles. The third kappa shape index (κ3) is 6.05. The molecule has 0 spiro atoms. The van der Waals surface area contributed by atoms with E-state index in [0.29, 0.717) is 35.0 Å². The molecule has 4 N–H and O–H groups in total. The molecule has 2 aliphatic heterocycles. The maximum Gasteiger partial charge on any atom is 0.255 e. The number of amides is 1. The van der Waals surface area contributed by atoms with Gasteiger partial charge in [0.05, 0.1) is 23.8 Å². The Morgan fingerprint density at radius 2 is 1.91 bits per heavy atom. The summed E-state index contributed by atoms with van der Waals surface area (Å²) in [6, 6.07) is 8.11. The second kappa shape index (κ2) is 11.6. The van der Waals surface area contributed by atoms with Crippen molar-refractivity contribution in [3.8, 4) is 0 Å². The van der Waals surface area contributed by atoms with Crippen molar-refractivity contribution in [2.24, 2.45) is 5.73 Å². The number of allylic oxidation sites excluding steroid dienone is 3. The Morgan fingerprint density at radius 1 is 1.14 bits per heavy atom. The molecular formula is C26H33N7O2. The summed E-state index contributed by atoms with van der Waals surface area (Å²) < 4.78 is 0. The van der Waals surface area contributed by atoms with E-state index in [0.717, 1.165) is 18.8 Å². The monoisotopic (exact) mass is 475 g/mol. The highest BCUT2D eigenvalue weighted by atomic mass is 16.2. The molecule has 0 unspecified atom stereocenters. The number of aromatic nitrogens is 2. The van der Waals surface area contributed by atoms with Crippen LogP contribution in [0.5, 0.6) is 0 Å². The number of anilines is 2. The molecule has 3 heterocycles. The molecule has 0 saturated carbocycles. The highest BCUT2D eigenvalue weighted by Gasteiger charge is 2.27. The largest absolute Gasteiger partial charge is 0.404 e. The zero-order valence-corrected chi connectivity index (χ0v) is 20.1. The first-order valence-corrected chi connectivity index (χ1v) is 12.1. The Morgan fingerprint density at radius 3 is 2.60 bits per heavy atom. The summed E-state index contributed by atoms with van der Waals surface area (Å²) in [5.74, 6) is 0.198. The molecular weight excluding hydrogens is 442 g/mol. The van der Waals surface area contributed by atoms with Crippen molar-refractivity contribution in [3.05, 3.63) is 65.9 Å². The van der Waals surface area contributed by atoms with Gasteiger partial charge in [-0.1, -0.05) is 0 Å². The number of carbonyl (C=O) groups excluding carboxylic acids is 2. The number of benzene rings is 1. The molecule has 2 aromatic rings. The smallest absolute Gasteiger partial charge is 0.255 e. The molecule has 2 aliphatic rings. The van der Waals surface area contributed by atoms with E-state index in [9.17, 15) is 9.59 Å². The fraction of sp³-hybridized carbons (Fsp3) is 0.385. The van der Waals surface area contributed by atoms with Gasteiger partial charge in [0.1, 0.15) is 5.82 Å². The van der Waals surface area contributed by atoms with Gasteiger partial charge in [-0.15, -0.1) is 0 Å². The molecule has 35 heavy (non-hydrogen) atoms. The molecule has 2 fully saturated rings. The predicted molar refractivity (Wildman–Crippen MR) is 138 cm³/mol. The summed E-state index contributed by atoms with van der Waals surface area (Å²) in [6.45, 7) is 4.54. The van der Waals surface area contributed by atoms with Gasteiger partial charge >= 0.3 is 0 Å². The van der Waals surface area contributed by atoms with E-state index in [1.165, 1.54) is 57.2 Å². The van der Waals surface area contributed by atoms with Gasteiger partial charge in [0, 0.05) is 49.2 Å². The van der Waals surface area contributed by atoms with Crippen molar-refractivity contribution in [1.82, 2.24) is 20.2 Å². The molecule has 9 nitrogen and oxygen atoms in total. The number of hydrogen-bond acceptors (Lipinski definition) is 8. The van der Waals surface area contributed by atoms with Crippen LogP contribution in [0.2, 0.25) is 0 Å². The number of likely N-dealkylation sites (tertiary alicyclic amines) is 1. The fourth-order valence-electron chi connectivity index (χ4n) is 4.74. The molecule has 0 bridgehead atoms. The van der Waals surface area contributed by atoms with Gasteiger partial charge in [0.2, 0.25) is 0 Å². The summed E-state index contributed by atoms with van der Waals surface area (Å²) in [4.78, 5) is 38.0. The van der Waals surface area contributed by atoms with E-state index in [-0.39, 0.29) is 11.6 Å². The van der Waals surface area contributed by atoms with E-state index >= 15 is 0 Å². The highest BCUT2D eigenvalue weighted by molar-refractivity contribution is 5.99. The number of aldehydes is 1. The van der Waals surface area contributed by atoms with E-state index in [2.05, 4.69) is 30.4 Å². The van der Waals surface area contributed by atoms with Crippen molar-refractivity contribution in [2.75, 3.05) is 43.4 Å². The molecule has 184 valence electrons. The van der Waals surface area contributed by atoms with Crippen molar-refractivity contribution in [2.45, 2.75) is 31.7 Å². The van der Waals surface area contributed by atoms with Crippen LogP contribution >= 0.6 is 0 Å². The van der Waals surface area contributed by atoms with Crippen LogP contribution < -0.4 is 21.3 Å². The van der Waals surface area contributed by atoms with Crippen LogP contribution in [0.15, 0.2) is 54.6 Å². The second-order valence-electron chi connectivity index (χ2n) is 8.88. The third-order valence-corrected chi connectivity index (χ3v) is 6.57. The van der Waals surface area contributed by atoms with Crippen LogP contribution in [0, 0.1) is 0 Å². The van der Waals surface area contributed by atoms with Crippen molar-refractivity contribution >= 4 is 29.3 Å². The first-order valence-electron chi connectivity index (χ1n) is 12.1. The van der Waals surface area contributed by atoms with Crippen molar-refractivity contribution in [1.29, 1.82) is 0 Å². The highest BCUT2D eigenvalue weighted by Crippen LogP contribution is 2.27. The standard InChI is InChI=1S/C26H33N7O2/c1-28-25-16-29-15-24(31-25)20(14-27)13-21(18-34)30-26(35)19-6-8-22(9-7-19)33-12-4-5-23(33)17-32-10-2-3-11-32/h6-9,13-16,18,23H,2-5,10-12,17,27H2,1H3,(H,28,31)(H,30,35)/b20-14+,21-13+/t23-/m0/s1. The van der Waals surface area contributed by atoms with E-state index in [1.807, 2.05) is 12.1 Å². The average molecular weight is 476 g/mol. The Hall–Kier alpha value is -3.72. The van der Waals surface area contributed by atoms with Gasteiger partial charge in [-0.05, 0) is 69.1 Å². The summed E-state index contributed by atoms with van der Waals surface area (Å²) in [5.41, 5.74) is 8.38. The SMILES string of the molecule is CNc1cncc(C(/C=C(\C=O)NC(=O)c2ccc(N3CCC[C@H]3CN3CCCC3)cc2)=C/N)n1. The lowest BCUT2D eigenvalue weighted by molar-refractivity contribution is -0.105. The van der Waals surface area contributed by atoms with E-state index < -0.39 is 0 Å². The van der Waals surface area contributed by atoms with Gasteiger partial charge < -0.3 is 26.2 Å². The van der Waals surface area contributed by atoms with E-state index in [1.54, 1.807) is 25.4 Å². The average Bonchev–Trinajstić information content (AvgIpc) is 3.59. The lowest BCUT2D eigenvalue weighted by atomic mass is 10.1. The molecule has 1 atom stereocenters. The molecule has 1 amide bonds. The Bertz CT molecular complexity index is 1090. The van der Waals surface area contributed by atoms with Crippen LogP contribution in [0.3, 0.4) is 0 Å². The van der Waals surface area contributed by atoms with Crippen molar-refractivity contribution in [3.63, 3.8) is 0 Å². The van der Waals surface area contributed by atoms with Gasteiger partial charge in [0.25, 0.3) is 5.91 Å². The number of carbonyl (C=O) groups is 2. The van der Waals surface area contributed by atoms with Crippen LogP contribution in [-0.2, 0) is 4.79 Å². The van der Waals surface area contributed by atoms with Crippen LogP contribution in [0.1, 0.15) is 41.7 Å². The lowest BCUT2D eigenvalue weighted by Gasteiger charge is -2.30. The first-order chi connectivity index (χ1) is 17.1. The van der Waals surface area contributed by atoms with Crippen LogP contribution in [-0.4, -0.2) is 66.3 Å². The summed E-state index contributed by atoms with van der Waals surface area (Å²) in [5, 5.41) is 5.57. The maximum atomic E-state index is 12.8. The van der Waals surface area contributed by atoms with E-state index in [4.69, 9.17) is 5.73 Å². The minimum Gasteiger partial charge on any atom is -0.404 e. The number of nitrogens with two attached hydrogens (primary N) is 1. The molecule has 1 aromatic carbocycles. The summed E-state index contributed by atoms with van der Waals surface area (Å²) >= 11 is 0. The topological polar surface area (TPSA) is 116 Å². The zero-order valence-electron chi connectivity index (χ0n) is 20.1. The van der Waals surface area contributed by atoms with Crippen LogP contribution in [0.4, 0.5) is 11.5 Å². The fourth-order valence-corrected chi connectivity index (χ4v) is 4.74. The molecule has 1 aromatic heterocycles. The first kappa shape index (κ1) is 24.4. The van der Waals surface area contributed by atoms with Gasteiger partial charge in [-0.3, -0.25) is 14.6 Å². The number of nitrogens with zero attached hydrogens (tertiary/aromatic N) is 4. The number of hydrogen-bond donors (Lipinski definition) is 3. The van der Waals surface area contributed by atoms with Gasteiger partial charge in [0.15, 0.2) is 6.29 Å². The lowest BCUT2D eigenvalue weighted by Crippen LogP contribution is -2.39. The van der Waals surface area contributed by atoms with Crippen molar-refractivity contribution < 1.29 is 9.59 Å². The normalized spacial score (nSPS) is 19.1. The van der Waals surface area contributed by atoms with Gasteiger partial charge in [-0.25, -0.2) is 4.98 Å². The number of nitrogens with one attached hydrogen (secondary N) is 2. The van der Waals surface area contributed by atoms with Crippen LogP contribution in [0.25, 0.3) is 5.57 Å². The molecule has 4 rings (SSSR count).